The Bertz CT molecular complexity index is 388. The molecule has 0 amide bonds. The van der Waals surface area contributed by atoms with Crippen molar-refractivity contribution in [3.63, 3.8) is 0 Å². The van der Waals surface area contributed by atoms with Crippen molar-refractivity contribution in [1.29, 1.82) is 0 Å². The standard InChI is InChI=1S/C16H24O6/c1-11(17)7-9-15(19)21-13-5-3-4-6-14(13)22-16(20)10-8-12(2)18/h13-14H,3-10H2,1-2H3. The maximum Gasteiger partial charge on any atom is 0.306 e. The van der Waals surface area contributed by atoms with Gasteiger partial charge in [0, 0.05) is 12.8 Å². The highest BCUT2D eigenvalue weighted by Crippen LogP contribution is 2.25. The summed E-state index contributed by atoms with van der Waals surface area (Å²) in [4.78, 5) is 45.1. The van der Waals surface area contributed by atoms with Crippen molar-refractivity contribution in [3.05, 3.63) is 0 Å². The third kappa shape index (κ3) is 7.33. The zero-order valence-electron chi connectivity index (χ0n) is 13.3. The van der Waals surface area contributed by atoms with E-state index in [-0.39, 0.29) is 37.2 Å². The van der Waals surface area contributed by atoms with Crippen molar-refractivity contribution >= 4 is 23.5 Å². The molecule has 0 aromatic heterocycles. The summed E-state index contributed by atoms with van der Waals surface area (Å²) >= 11 is 0. The Kier molecular flexibility index (Phi) is 7.77. The van der Waals surface area contributed by atoms with Crippen LogP contribution in [0.4, 0.5) is 0 Å². The third-order valence-corrected chi connectivity index (χ3v) is 3.57. The van der Waals surface area contributed by atoms with Gasteiger partial charge in [-0.05, 0) is 39.5 Å². The molecule has 2 atom stereocenters. The van der Waals surface area contributed by atoms with E-state index in [1.807, 2.05) is 0 Å². The largest absolute Gasteiger partial charge is 0.458 e. The van der Waals surface area contributed by atoms with E-state index >= 15 is 0 Å². The average Bonchev–Trinajstić information content (AvgIpc) is 2.45. The van der Waals surface area contributed by atoms with Gasteiger partial charge in [0.05, 0.1) is 12.8 Å². The number of ketones is 2. The van der Waals surface area contributed by atoms with Gasteiger partial charge in [-0.1, -0.05) is 0 Å². The number of esters is 2. The first-order chi connectivity index (χ1) is 10.4. The molecule has 1 fully saturated rings. The Morgan fingerprint density at radius 3 is 1.41 bits per heavy atom. The van der Waals surface area contributed by atoms with Gasteiger partial charge in [0.2, 0.25) is 0 Å². The summed E-state index contributed by atoms with van der Waals surface area (Å²) in [7, 11) is 0. The molecular formula is C16H24O6. The van der Waals surface area contributed by atoms with Gasteiger partial charge in [-0.15, -0.1) is 0 Å². The minimum atomic E-state index is -0.450. The van der Waals surface area contributed by atoms with Crippen LogP contribution in [0.15, 0.2) is 0 Å². The fourth-order valence-electron chi connectivity index (χ4n) is 2.34. The summed E-state index contributed by atoms with van der Waals surface area (Å²) in [6, 6.07) is 0. The number of carbonyl (C=O) groups is 4. The summed E-state index contributed by atoms with van der Waals surface area (Å²) in [5.74, 6) is -1.00. The lowest BCUT2D eigenvalue weighted by Gasteiger charge is -2.30. The predicted molar refractivity (Wildman–Crippen MR) is 78.1 cm³/mol. The lowest BCUT2D eigenvalue weighted by molar-refractivity contribution is -0.172. The van der Waals surface area contributed by atoms with Gasteiger partial charge < -0.3 is 19.1 Å². The minimum Gasteiger partial charge on any atom is -0.458 e. The summed E-state index contributed by atoms with van der Waals surface area (Å²) in [5, 5.41) is 0. The molecule has 6 nitrogen and oxygen atoms in total. The molecule has 0 radical (unpaired) electrons. The molecule has 6 heteroatoms. The number of hydrogen-bond acceptors (Lipinski definition) is 6. The second kappa shape index (κ2) is 9.33. The maximum absolute atomic E-state index is 11.7. The first-order valence-corrected chi connectivity index (χ1v) is 7.76. The normalized spacial score (nSPS) is 21.0. The van der Waals surface area contributed by atoms with Crippen LogP contribution in [0.25, 0.3) is 0 Å². The highest BCUT2D eigenvalue weighted by Gasteiger charge is 2.31. The van der Waals surface area contributed by atoms with E-state index in [0.29, 0.717) is 12.8 Å². The highest BCUT2D eigenvalue weighted by atomic mass is 16.6. The Balaban J connectivity index is 2.45. The molecule has 0 N–H and O–H groups in total. The van der Waals surface area contributed by atoms with Crippen LogP contribution in [0.5, 0.6) is 0 Å². The summed E-state index contributed by atoms with van der Waals surface area (Å²) in [6.45, 7) is 2.85. The van der Waals surface area contributed by atoms with Crippen LogP contribution in [-0.2, 0) is 28.7 Å². The van der Waals surface area contributed by atoms with Crippen LogP contribution in [0.2, 0.25) is 0 Å². The van der Waals surface area contributed by atoms with Crippen molar-refractivity contribution in [2.24, 2.45) is 0 Å². The SMILES string of the molecule is CC(=O)CCC(=O)OC1CCCCC1OC(=O)CCC(C)=O. The van der Waals surface area contributed by atoms with E-state index in [1.165, 1.54) is 13.8 Å². The molecular weight excluding hydrogens is 288 g/mol. The second-order valence-electron chi connectivity index (χ2n) is 5.75. The summed E-state index contributed by atoms with van der Waals surface area (Å²) < 4.78 is 10.7. The van der Waals surface area contributed by atoms with Gasteiger partial charge in [-0.25, -0.2) is 0 Å². The lowest BCUT2D eigenvalue weighted by atomic mass is 9.94. The molecule has 1 aliphatic rings. The zero-order chi connectivity index (χ0) is 16.5. The lowest BCUT2D eigenvalue weighted by Crippen LogP contribution is -2.37. The van der Waals surface area contributed by atoms with Crippen molar-refractivity contribution in [1.82, 2.24) is 0 Å². The fraction of sp³-hybridized carbons (Fsp3) is 0.750. The first-order valence-electron chi connectivity index (χ1n) is 7.76. The molecule has 22 heavy (non-hydrogen) atoms. The Morgan fingerprint density at radius 2 is 1.09 bits per heavy atom. The van der Waals surface area contributed by atoms with Crippen molar-refractivity contribution < 1.29 is 28.7 Å². The van der Waals surface area contributed by atoms with Crippen molar-refractivity contribution in [2.75, 3.05) is 0 Å². The summed E-state index contributed by atoms with van der Waals surface area (Å²) in [5.41, 5.74) is 0. The number of rotatable bonds is 8. The molecule has 0 bridgehead atoms. The topological polar surface area (TPSA) is 86.7 Å². The Hall–Kier alpha value is -1.72. The van der Waals surface area contributed by atoms with Crippen LogP contribution in [-0.4, -0.2) is 35.7 Å². The van der Waals surface area contributed by atoms with Gasteiger partial charge in [-0.2, -0.15) is 0 Å². The number of ether oxygens (including phenoxy) is 2. The summed E-state index contributed by atoms with van der Waals surface area (Å²) in [6.07, 6.45) is 2.64. The third-order valence-electron chi connectivity index (χ3n) is 3.57. The number of carbonyl (C=O) groups excluding carboxylic acids is 4. The molecule has 1 saturated carbocycles. The number of Topliss-reactive ketones (excluding diaryl/α,β-unsaturated/α-hetero) is 2. The fourth-order valence-corrected chi connectivity index (χ4v) is 2.34. The molecule has 124 valence electrons. The van der Waals surface area contributed by atoms with E-state index < -0.39 is 24.1 Å². The Morgan fingerprint density at radius 1 is 0.727 bits per heavy atom. The van der Waals surface area contributed by atoms with Crippen molar-refractivity contribution in [2.45, 2.75) is 77.4 Å². The minimum absolute atomic E-state index is 0.0524. The molecule has 1 aliphatic carbocycles. The van der Waals surface area contributed by atoms with Crippen LogP contribution < -0.4 is 0 Å². The van der Waals surface area contributed by atoms with Crippen molar-refractivity contribution in [3.8, 4) is 0 Å². The van der Waals surface area contributed by atoms with E-state index in [9.17, 15) is 19.2 Å². The molecule has 0 aromatic rings. The van der Waals surface area contributed by atoms with Crippen LogP contribution in [0, 0.1) is 0 Å². The van der Waals surface area contributed by atoms with E-state index in [2.05, 4.69) is 0 Å². The van der Waals surface area contributed by atoms with Gasteiger partial charge in [-0.3, -0.25) is 9.59 Å². The smallest absolute Gasteiger partial charge is 0.306 e. The second-order valence-corrected chi connectivity index (χ2v) is 5.75. The quantitative estimate of drug-likeness (QED) is 0.638. The van der Waals surface area contributed by atoms with Crippen LogP contribution in [0.1, 0.15) is 65.2 Å². The van der Waals surface area contributed by atoms with Crippen LogP contribution in [0.3, 0.4) is 0 Å². The average molecular weight is 312 g/mol. The molecule has 0 aliphatic heterocycles. The maximum atomic E-state index is 11.7. The van der Waals surface area contributed by atoms with Gasteiger partial charge in [0.15, 0.2) is 0 Å². The molecule has 0 heterocycles. The molecule has 2 unspecified atom stereocenters. The molecule has 0 aromatic carbocycles. The van der Waals surface area contributed by atoms with E-state index in [1.54, 1.807) is 0 Å². The van der Waals surface area contributed by atoms with Gasteiger partial charge >= 0.3 is 11.9 Å². The molecule has 1 rings (SSSR count). The number of hydrogen-bond donors (Lipinski definition) is 0. The first kappa shape index (κ1) is 18.3. The van der Waals surface area contributed by atoms with Gasteiger partial charge in [0.25, 0.3) is 0 Å². The predicted octanol–water partition coefficient (Wildman–Crippen LogP) is 2.12. The van der Waals surface area contributed by atoms with E-state index in [0.717, 1.165) is 12.8 Å². The molecule has 0 saturated heterocycles. The molecule has 0 spiro atoms. The Labute approximate surface area is 130 Å². The monoisotopic (exact) mass is 312 g/mol. The van der Waals surface area contributed by atoms with E-state index in [4.69, 9.17) is 9.47 Å². The van der Waals surface area contributed by atoms with Gasteiger partial charge in [0.1, 0.15) is 23.8 Å². The van der Waals surface area contributed by atoms with Crippen LogP contribution >= 0.6 is 0 Å². The zero-order valence-corrected chi connectivity index (χ0v) is 13.3. The highest BCUT2D eigenvalue weighted by molar-refractivity contribution is 5.81.